The van der Waals surface area contributed by atoms with E-state index in [0.29, 0.717) is 28.5 Å². The van der Waals surface area contributed by atoms with Crippen molar-refractivity contribution in [3.05, 3.63) is 94.0 Å². The number of ether oxygens (including phenoxy) is 2. The average Bonchev–Trinajstić information content (AvgIpc) is 2.79. The fourth-order valence-corrected chi connectivity index (χ4v) is 2.83. The van der Waals surface area contributed by atoms with E-state index in [-0.39, 0.29) is 5.91 Å². The number of aliphatic carboxylic acids is 1. The summed E-state index contributed by atoms with van der Waals surface area (Å²) in [5, 5.41) is 13.4. The lowest BCUT2D eigenvalue weighted by Gasteiger charge is -2.08. The number of carboxylic acid groups (broad SMARTS) is 1. The lowest BCUT2D eigenvalue weighted by molar-refractivity contribution is -0.139. The van der Waals surface area contributed by atoms with Crippen LogP contribution in [0.5, 0.6) is 11.5 Å². The molecule has 3 aromatic rings. The first kappa shape index (κ1) is 22.8. The van der Waals surface area contributed by atoms with Gasteiger partial charge in [-0.15, -0.1) is 0 Å². The molecule has 0 aliphatic heterocycles. The Morgan fingerprint density at radius 1 is 1.06 bits per heavy atom. The Bertz CT molecular complexity index is 1130. The summed E-state index contributed by atoms with van der Waals surface area (Å²) in [5.41, 5.74) is 5.26. The van der Waals surface area contributed by atoms with Gasteiger partial charge in [-0.25, -0.2) is 10.2 Å². The van der Waals surface area contributed by atoms with E-state index in [0.717, 1.165) is 16.9 Å². The zero-order valence-corrected chi connectivity index (χ0v) is 18.0. The van der Waals surface area contributed by atoms with Crippen LogP contribution >= 0.6 is 11.6 Å². The number of halogens is 1. The molecule has 0 saturated heterocycles. The maximum absolute atomic E-state index is 12.3. The van der Waals surface area contributed by atoms with Crippen LogP contribution in [0.4, 0.5) is 0 Å². The van der Waals surface area contributed by atoms with Crippen LogP contribution in [0, 0.1) is 6.92 Å². The molecule has 0 unspecified atom stereocenters. The van der Waals surface area contributed by atoms with Crippen LogP contribution in [0.3, 0.4) is 0 Å². The number of carbonyl (C=O) groups is 2. The third kappa shape index (κ3) is 6.58. The fraction of sp³-hybridized carbons (Fsp3) is 0.125. The van der Waals surface area contributed by atoms with E-state index in [1.165, 1.54) is 6.21 Å². The van der Waals surface area contributed by atoms with Gasteiger partial charge in [0, 0.05) is 16.1 Å². The second-order valence-corrected chi connectivity index (χ2v) is 7.22. The molecule has 0 saturated carbocycles. The van der Waals surface area contributed by atoms with Gasteiger partial charge in [0.2, 0.25) is 0 Å². The second-order valence-electron chi connectivity index (χ2n) is 6.82. The highest BCUT2D eigenvalue weighted by atomic mass is 35.5. The maximum atomic E-state index is 12.3. The Kier molecular flexibility index (Phi) is 7.83. The van der Waals surface area contributed by atoms with E-state index in [1.54, 1.807) is 60.7 Å². The summed E-state index contributed by atoms with van der Waals surface area (Å²) in [6.07, 6.45) is 1.39. The van der Waals surface area contributed by atoms with Crippen LogP contribution in [0.2, 0.25) is 5.02 Å². The third-order valence-electron chi connectivity index (χ3n) is 4.39. The Morgan fingerprint density at radius 3 is 2.53 bits per heavy atom. The molecule has 3 aromatic carbocycles. The number of para-hydroxylation sites is 1. The molecule has 0 aromatic heterocycles. The van der Waals surface area contributed by atoms with Crippen LogP contribution in [0.1, 0.15) is 27.0 Å². The Hall–Kier alpha value is -3.84. The summed E-state index contributed by atoms with van der Waals surface area (Å²) in [6.45, 7) is 1.80. The summed E-state index contributed by atoms with van der Waals surface area (Å²) in [7, 11) is 0. The van der Waals surface area contributed by atoms with E-state index >= 15 is 0 Å². The van der Waals surface area contributed by atoms with Gasteiger partial charge in [0.05, 0.1) is 6.21 Å². The van der Waals surface area contributed by atoms with Gasteiger partial charge in [-0.2, -0.15) is 5.10 Å². The SMILES string of the molecule is Cc1cc(OCc2ccc(C(=O)N/N=C/c3ccccc3OCC(=O)O)cc2)ccc1Cl. The number of benzene rings is 3. The highest BCUT2D eigenvalue weighted by Crippen LogP contribution is 2.22. The molecule has 0 fully saturated rings. The van der Waals surface area contributed by atoms with Crippen molar-refractivity contribution >= 4 is 29.7 Å². The molecule has 32 heavy (non-hydrogen) atoms. The molecule has 164 valence electrons. The van der Waals surface area contributed by atoms with Crippen molar-refractivity contribution in [1.29, 1.82) is 0 Å². The predicted molar refractivity (Wildman–Crippen MR) is 122 cm³/mol. The van der Waals surface area contributed by atoms with E-state index in [9.17, 15) is 9.59 Å². The van der Waals surface area contributed by atoms with Crippen molar-refractivity contribution in [2.45, 2.75) is 13.5 Å². The highest BCUT2D eigenvalue weighted by Gasteiger charge is 2.06. The molecule has 0 bridgehead atoms. The number of aryl methyl sites for hydroxylation is 1. The number of nitrogens with one attached hydrogen (secondary N) is 1. The lowest BCUT2D eigenvalue weighted by Crippen LogP contribution is -2.17. The minimum Gasteiger partial charge on any atom is -0.489 e. The molecule has 0 aliphatic carbocycles. The topological polar surface area (TPSA) is 97.2 Å². The van der Waals surface area contributed by atoms with Crippen LogP contribution in [-0.4, -0.2) is 29.8 Å². The van der Waals surface area contributed by atoms with E-state index in [2.05, 4.69) is 10.5 Å². The Balaban J connectivity index is 1.55. The zero-order chi connectivity index (χ0) is 22.9. The van der Waals surface area contributed by atoms with Gasteiger partial charge >= 0.3 is 5.97 Å². The smallest absolute Gasteiger partial charge is 0.341 e. The Morgan fingerprint density at radius 2 is 1.81 bits per heavy atom. The number of carboxylic acids is 1. The van der Waals surface area contributed by atoms with Gasteiger partial charge in [-0.1, -0.05) is 35.9 Å². The number of hydrogen-bond donors (Lipinski definition) is 2. The quantitative estimate of drug-likeness (QED) is 0.369. The molecule has 0 atom stereocenters. The van der Waals surface area contributed by atoms with Crippen molar-refractivity contribution in [3.8, 4) is 11.5 Å². The number of rotatable bonds is 9. The van der Waals surface area contributed by atoms with Gasteiger partial charge in [-0.05, 0) is 60.5 Å². The van der Waals surface area contributed by atoms with Gasteiger partial charge in [0.25, 0.3) is 5.91 Å². The Labute approximate surface area is 190 Å². The lowest BCUT2D eigenvalue weighted by atomic mass is 10.1. The minimum atomic E-state index is -1.08. The summed E-state index contributed by atoms with van der Waals surface area (Å²) in [4.78, 5) is 23.0. The van der Waals surface area contributed by atoms with Crippen molar-refractivity contribution in [3.63, 3.8) is 0 Å². The molecule has 3 rings (SSSR count). The molecule has 0 aliphatic rings. The number of hydrogen-bond acceptors (Lipinski definition) is 5. The molecule has 0 heterocycles. The standard InChI is InChI=1S/C24H21ClN2O5/c1-16-12-20(10-11-21(16)25)31-14-17-6-8-18(9-7-17)24(30)27-26-13-19-4-2-3-5-22(19)32-15-23(28)29/h2-13H,14-15H2,1H3,(H,27,30)(H,28,29)/b26-13+. The van der Waals surface area contributed by atoms with E-state index in [4.69, 9.17) is 26.2 Å². The van der Waals surface area contributed by atoms with Crippen LogP contribution in [-0.2, 0) is 11.4 Å². The number of amides is 1. The van der Waals surface area contributed by atoms with Crippen LogP contribution in [0.15, 0.2) is 71.8 Å². The first-order valence-corrected chi connectivity index (χ1v) is 10.0. The fourth-order valence-electron chi connectivity index (χ4n) is 2.71. The van der Waals surface area contributed by atoms with Crippen LogP contribution < -0.4 is 14.9 Å². The summed E-state index contributed by atoms with van der Waals surface area (Å²) in [5.74, 6) is -0.392. The number of hydrazone groups is 1. The normalized spacial score (nSPS) is 10.7. The molecule has 7 nitrogen and oxygen atoms in total. The third-order valence-corrected chi connectivity index (χ3v) is 4.82. The molecule has 1 amide bonds. The van der Waals surface area contributed by atoms with Crippen molar-refractivity contribution in [2.24, 2.45) is 5.10 Å². The van der Waals surface area contributed by atoms with Crippen molar-refractivity contribution in [1.82, 2.24) is 5.43 Å². The number of carbonyl (C=O) groups excluding carboxylic acids is 1. The largest absolute Gasteiger partial charge is 0.489 e. The molecular formula is C24H21ClN2O5. The van der Waals surface area contributed by atoms with E-state index in [1.807, 2.05) is 13.0 Å². The molecule has 0 radical (unpaired) electrons. The molecule has 0 spiro atoms. The van der Waals surface area contributed by atoms with Gasteiger partial charge in [0.1, 0.15) is 18.1 Å². The van der Waals surface area contributed by atoms with Crippen molar-refractivity contribution < 1.29 is 24.2 Å². The summed E-state index contributed by atoms with van der Waals surface area (Å²) < 4.78 is 11.0. The molecule has 2 N–H and O–H groups in total. The first-order valence-electron chi connectivity index (χ1n) is 9.67. The predicted octanol–water partition coefficient (Wildman–Crippen LogP) is 4.45. The first-order chi connectivity index (χ1) is 15.4. The summed E-state index contributed by atoms with van der Waals surface area (Å²) in [6, 6.07) is 19.2. The second kappa shape index (κ2) is 11.0. The maximum Gasteiger partial charge on any atom is 0.341 e. The molecular weight excluding hydrogens is 432 g/mol. The minimum absolute atomic E-state index is 0.355. The van der Waals surface area contributed by atoms with Gasteiger partial charge in [0.15, 0.2) is 6.61 Å². The van der Waals surface area contributed by atoms with E-state index < -0.39 is 12.6 Å². The summed E-state index contributed by atoms with van der Waals surface area (Å²) >= 11 is 6.02. The monoisotopic (exact) mass is 452 g/mol. The van der Waals surface area contributed by atoms with Gasteiger partial charge < -0.3 is 14.6 Å². The zero-order valence-electron chi connectivity index (χ0n) is 17.2. The number of nitrogens with zero attached hydrogens (tertiary/aromatic N) is 1. The van der Waals surface area contributed by atoms with Gasteiger partial charge in [-0.3, -0.25) is 4.79 Å². The molecule has 8 heteroatoms. The van der Waals surface area contributed by atoms with Crippen LogP contribution in [0.25, 0.3) is 0 Å². The highest BCUT2D eigenvalue weighted by molar-refractivity contribution is 6.31. The van der Waals surface area contributed by atoms with Crippen molar-refractivity contribution in [2.75, 3.05) is 6.61 Å². The average molecular weight is 453 g/mol.